The molecule has 30 heavy (non-hydrogen) atoms. The lowest BCUT2D eigenvalue weighted by Crippen LogP contribution is -2.40. The summed E-state index contributed by atoms with van der Waals surface area (Å²) in [6.07, 6.45) is 8.21. The second-order valence-electron chi connectivity index (χ2n) is 9.09. The minimum Gasteiger partial charge on any atom is -0.497 e. The minimum absolute atomic E-state index is 0.0235. The van der Waals surface area contributed by atoms with Crippen molar-refractivity contribution in [3.8, 4) is 5.75 Å². The molecule has 1 unspecified atom stereocenters. The normalized spacial score (nSPS) is 24.2. The van der Waals surface area contributed by atoms with E-state index in [1.165, 1.54) is 38.6 Å². The number of hydrogen-bond donors (Lipinski definition) is 0. The number of nitrogens with zero attached hydrogens (tertiary/aromatic N) is 3. The topological polar surface area (TPSA) is 53.1 Å². The fourth-order valence-corrected chi connectivity index (χ4v) is 5.27. The SMILES string of the molecule is COc1cccc(N2CC(C(=O)N3CCCN(CC4CCCCC4)CC3)CC2=O)c1. The molecule has 3 aliphatic rings. The zero-order chi connectivity index (χ0) is 20.9. The molecule has 6 nitrogen and oxygen atoms in total. The second kappa shape index (κ2) is 9.82. The van der Waals surface area contributed by atoms with E-state index in [0.29, 0.717) is 13.0 Å². The lowest BCUT2D eigenvalue weighted by atomic mass is 9.89. The largest absolute Gasteiger partial charge is 0.497 e. The summed E-state index contributed by atoms with van der Waals surface area (Å²) >= 11 is 0. The number of methoxy groups -OCH3 is 1. The van der Waals surface area contributed by atoms with Gasteiger partial charge >= 0.3 is 0 Å². The van der Waals surface area contributed by atoms with Gasteiger partial charge in [0.25, 0.3) is 0 Å². The summed E-state index contributed by atoms with van der Waals surface area (Å²) in [5, 5.41) is 0. The van der Waals surface area contributed by atoms with Gasteiger partial charge in [-0.2, -0.15) is 0 Å². The quantitative estimate of drug-likeness (QED) is 0.744. The number of carbonyl (C=O) groups is 2. The first kappa shape index (κ1) is 21.2. The molecule has 6 heteroatoms. The minimum atomic E-state index is -0.242. The molecule has 4 rings (SSSR count). The highest BCUT2D eigenvalue weighted by Crippen LogP contribution is 2.29. The third-order valence-corrected chi connectivity index (χ3v) is 6.98. The number of hydrogen-bond acceptors (Lipinski definition) is 4. The summed E-state index contributed by atoms with van der Waals surface area (Å²) in [5.74, 6) is 1.49. The molecule has 2 saturated heterocycles. The van der Waals surface area contributed by atoms with Gasteiger partial charge in [-0.1, -0.05) is 25.3 Å². The molecule has 164 valence electrons. The first-order valence-electron chi connectivity index (χ1n) is 11.6. The van der Waals surface area contributed by atoms with Crippen LogP contribution in [0.3, 0.4) is 0 Å². The van der Waals surface area contributed by atoms with Gasteiger partial charge in [-0.15, -0.1) is 0 Å². The molecular weight excluding hydrogens is 378 g/mol. The number of carbonyl (C=O) groups excluding carboxylic acids is 2. The van der Waals surface area contributed by atoms with Gasteiger partial charge in [0.1, 0.15) is 5.75 Å². The van der Waals surface area contributed by atoms with Crippen LogP contribution in [0.2, 0.25) is 0 Å². The predicted molar refractivity (Wildman–Crippen MR) is 118 cm³/mol. The molecule has 0 spiro atoms. The summed E-state index contributed by atoms with van der Waals surface area (Å²) in [5.41, 5.74) is 0.809. The van der Waals surface area contributed by atoms with Crippen molar-refractivity contribution < 1.29 is 14.3 Å². The number of rotatable bonds is 5. The molecule has 2 amide bonds. The number of anilines is 1. The Morgan fingerprint density at radius 2 is 1.90 bits per heavy atom. The standard InChI is InChI=1S/C24H35N3O3/c1-30-22-10-5-9-21(16-22)27-18-20(15-23(27)28)24(29)26-12-6-11-25(13-14-26)17-19-7-3-2-4-8-19/h5,9-10,16,19-20H,2-4,6-8,11-15,17-18H2,1H3. The number of ether oxygens (including phenoxy) is 1. The first-order valence-corrected chi connectivity index (χ1v) is 11.6. The van der Waals surface area contributed by atoms with Crippen LogP contribution < -0.4 is 9.64 Å². The molecule has 0 bridgehead atoms. The summed E-state index contributed by atoms with van der Waals surface area (Å²) in [7, 11) is 1.62. The highest BCUT2D eigenvalue weighted by molar-refractivity contribution is 6.00. The summed E-state index contributed by atoms with van der Waals surface area (Å²) in [4.78, 5) is 32.1. The summed E-state index contributed by atoms with van der Waals surface area (Å²) in [6.45, 7) is 5.29. The first-order chi connectivity index (χ1) is 14.6. The number of benzene rings is 1. The van der Waals surface area contributed by atoms with Crippen molar-refractivity contribution in [3.05, 3.63) is 24.3 Å². The molecule has 1 aromatic rings. The van der Waals surface area contributed by atoms with Gasteiger partial charge in [0, 0.05) is 50.9 Å². The van der Waals surface area contributed by atoms with Gasteiger partial charge in [0.15, 0.2) is 0 Å². The van der Waals surface area contributed by atoms with Crippen molar-refractivity contribution in [2.24, 2.45) is 11.8 Å². The number of amides is 2. The highest BCUT2D eigenvalue weighted by atomic mass is 16.5. The van der Waals surface area contributed by atoms with Crippen LogP contribution in [0.1, 0.15) is 44.9 Å². The smallest absolute Gasteiger partial charge is 0.228 e. The van der Waals surface area contributed by atoms with Gasteiger partial charge < -0.3 is 19.4 Å². The van der Waals surface area contributed by atoms with Crippen molar-refractivity contribution in [1.82, 2.24) is 9.80 Å². The Kier molecular flexibility index (Phi) is 6.93. The maximum atomic E-state index is 13.2. The maximum absolute atomic E-state index is 13.2. The van der Waals surface area contributed by atoms with Gasteiger partial charge in [-0.25, -0.2) is 0 Å². The molecule has 0 aromatic heterocycles. The fraction of sp³-hybridized carbons (Fsp3) is 0.667. The molecule has 1 saturated carbocycles. The average molecular weight is 414 g/mol. The Labute approximate surface area is 180 Å². The van der Waals surface area contributed by atoms with E-state index in [9.17, 15) is 9.59 Å². The van der Waals surface area contributed by atoms with Crippen LogP contribution >= 0.6 is 0 Å². The molecule has 1 aromatic carbocycles. The van der Waals surface area contributed by atoms with Crippen molar-refractivity contribution in [3.63, 3.8) is 0 Å². The lowest BCUT2D eigenvalue weighted by molar-refractivity contribution is -0.135. The summed E-state index contributed by atoms with van der Waals surface area (Å²) < 4.78 is 5.28. The van der Waals surface area contributed by atoms with E-state index < -0.39 is 0 Å². The molecule has 3 fully saturated rings. The summed E-state index contributed by atoms with van der Waals surface area (Å²) in [6, 6.07) is 7.51. The van der Waals surface area contributed by atoms with E-state index in [1.54, 1.807) is 12.0 Å². The van der Waals surface area contributed by atoms with Gasteiger partial charge in [0.05, 0.1) is 13.0 Å². The Morgan fingerprint density at radius 3 is 2.70 bits per heavy atom. The van der Waals surface area contributed by atoms with Gasteiger partial charge in [-0.05, 0) is 43.9 Å². The molecule has 1 atom stereocenters. The van der Waals surface area contributed by atoms with E-state index in [2.05, 4.69) is 4.90 Å². The lowest BCUT2D eigenvalue weighted by Gasteiger charge is -2.29. The van der Waals surface area contributed by atoms with Crippen LogP contribution in [-0.2, 0) is 9.59 Å². The Balaban J connectivity index is 1.32. The highest BCUT2D eigenvalue weighted by Gasteiger charge is 2.37. The molecule has 2 heterocycles. The van der Waals surface area contributed by atoms with Crippen LogP contribution in [0, 0.1) is 11.8 Å². The van der Waals surface area contributed by atoms with Gasteiger partial charge in [-0.3, -0.25) is 9.59 Å². The molecule has 0 N–H and O–H groups in total. The van der Waals surface area contributed by atoms with Crippen molar-refractivity contribution in [2.45, 2.75) is 44.9 Å². The van der Waals surface area contributed by atoms with Crippen LogP contribution in [0.4, 0.5) is 5.69 Å². The van der Waals surface area contributed by atoms with E-state index in [4.69, 9.17) is 4.74 Å². The van der Waals surface area contributed by atoms with Crippen molar-refractivity contribution >= 4 is 17.5 Å². The zero-order valence-corrected chi connectivity index (χ0v) is 18.2. The molecule has 2 aliphatic heterocycles. The third kappa shape index (κ3) is 4.97. The Morgan fingerprint density at radius 1 is 1.07 bits per heavy atom. The second-order valence-corrected chi connectivity index (χ2v) is 9.09. The predicted octanol–water partition coefficient (Wildman–Crippen LogP) is 3.16. The Bertz CT molecular complexity index is 747. The van der Waals surface area contributed by atoms with Crippen LogP contribution in [-0.4, -0.2) is 68.0 Å². The average Bonchev–Trinajstić information content (AvgIpc) is 3.02. The third-order valence-electron chi connectivity index (χ3n) is 6.98. The van der Waals surface area contributed by atoms with Crippen LogP contribution in [0.15, 0.2) is 24.3 Å². The Hall–Kier alpha value is -2.08. The zero-order valence-electron chi connectivity index (χ0n) is 18.2. The van der Waals surface area contributed by atoms with E-state index >= 15 is 0 Å². The van der Waals surface area contributed by atoms with Crippen molar-refractivity contribution in [1.29, 1.82) is 0 Å². The maximum Gasteiger partial charge on any atom is 0.228 e. The monoisotopic (exact) mass is 413 g/mol. The van der Waals surface area contributed by atoms with E-state index in [1.807, 2.05) is 29.2 Å². The van der Waals surface area contributed by atoms with Gasteiger partial charge in [0.2, 0.25) is 11.8 Å². The van der Waals surface area contributed by atoms with Crippen LogP contribution in [0.5, 0.6) is 5.75 Å². The van der Waals surface area contributed by atoms with Crippen molar-refractivity contribution in [2.75, 3.05) is 51.3 Å². The molecule has 0 radical (unpaired) electrons. The fourth-order valence-electron chi connectivity index (χ4n) is 5.27. The molecule has 1 aliphatic carbocycles. The molecular formula is C24H35N3O3. The van der Waals surface area contributed by atoms with Crippen LogP contribution in [0.25, 0.3) is 0 Å². The van der Waals surface area contributed by atoms with E-state index in [-0.39, 0.29) is 17.7 Å². The van der Waals surface area contributed by atoms with E-state index in [0.717, 1.165) is 50.0 Å².